The second-order valence-electron chi connectivity index (χ2n) is 9.78. The standard InChI is InChI=1S/C32H33N3O4S/c1-23-5-8-28(9-6-23)22-39-31-17-12-26(13-18-31)20-33-34-32(36)29-14-10-27(11-15-29)21-35(40(4,37)38)30-16-7-24(2)25(3)19-30/h5-20H,21-22H2,1-4H3,(H,34,36)/b33-20-. The molecule has 1 N–H and O–H groups in total. The SMILES string of the molecule is Cc1ccc(COc2ccc(/C=N\NC(=O)c3ccc(CN(c4ccc(C)c(C)c4)S(C)(=O)=O)cc3)cc2)cc1. The fraction of sp³-hybridized carbons (Fsp3) is 0.188. The molecule has 4 aromatic rings. The van der Waals surface area contributed by atoms with E-state index >= 15 is 0 Å². The van der Waals surface area contributed by atoms with Crippen molar-refractivity contribution in [2.75, 3.05) is 10.6 Å². The quantitative estimate of drug-likeness (QED) is 0.194. The van der Waals surface area contributed by atoms with Crippen LogP contribution in [0.4, 0.5) is 5.69 Å². The van der Waals surface area contributed by atoms with E-state index in [2.05, 4.69) is 22.7 Å². The van der Waals surface area contributed by atoms with Crippen molar-refractivity contribution in [1.82, 2.24) is 5.43 Å². The first-order chi connectivity index (χ1) is 19.1. The van der Waals surface area contributed by atoms with Crippen LogP contribution in [-0.2, 0) is 23.2 Å². The summed E-state index contributed by atoms with van der Waals surface area (Å²) >= 11 is 0. The maximum absolute atomic E-state index is 12.6. The van der Waals surface area contributed by atoms with Gasteiger partial charge in [0.25, 0.3) is 5.91 Å². The Balaban J connectivity index is 1.32. The molecule has 0 aliphatic heterocycles. The Morgan fingerprint density at radius 3 is 2.12 bits per heavy atom. The van der Waals surface area contributed by atoms with Crippen molar-refractivity contribution in [3.63, 3.8) is 0 Å². The zero-order chi connectivity index (χ0) is 28.7. The second-order valence-corrected chi connectivity index (χ2v) is 11.7. The molecule has 7 nitrogen and oxygen atoms in total. The maximum atomic E-state index is 12.6. The fourth-order valence-corrected chi connectivity index (χ4v) is 4.82. The van der Waals surface area contributed by atoms with Crippen LogP contribution in [0.15, 0.2) is 96.1 Å². The minimum Gasteiger partial charge on any atom is -0.489 e. The summed E-state index contributed by atoms with van der Waals surface area (Å²) in [5, 5.41) is 4.05. The number of nitrogens with zero attached hydrogens (tertiary/aromatic N) is 2. The Morgan fingerprint density at radius 2 is 1.50 bits per heavy atom. The topological polar surface area (TPSA) is 88.1 Å². The van der Waals surface area contributed by atoms with E-state index < -0.39 is 10.0 Å². The summed E-state index contributed by atoms with van der Waals surface area (Å²) in [5.41, 5.74) is 9.53. The van der Waals surface area contributed by atoms with Crippen molar-refractivity contribution in [3.8, 4) is 5.75 Å². The molecule has 1 amide bonds. The van der Waals surface area contributed by atoms with Gasteiger partial charge in [-0.25, -0.2) is 13.8 Å². The van der Waals surface area contributed by atoms with E-state index in [4.69, 9.17) is 4.74 Å². The van der Waals surface area contributed by atoms with Crippen molar-refractivity contribution in [2.45, 2.75) is 33.9 Å². The molecule has 0 bridgehead atoms. The summed E-state index contributed by atoms with van der Waals surface area (Å²) in [4.78, 5) is 12.6. The lowest BCUT2D eigenvalue weighted by Crippen LogP contribution is -2.29. The van der Waals surface area contributed by atoms with Crippen LogP contribution in [-0.4, -0.2) is 26.8 Å². The van der Waals surface area contributed by atoms with Crippen LogP contribution in [0.3, 0.4) is 0 Å². The zero-order valence-corrected chi connectivity index (χ0v) is 23.9. The van der Waals surface area contributed by atoms with Gasteiger partial charge in [0.15, 0.2) is 0 Å². The van der Waals surface area contributed by atoms with Gasteiger partial charge in [-0.15, -0.1) is 0 Å². The number of hydrazone groups is 1. The molecule has 0 aliphatic carbocycles. The molecule has 0 spiro atoms. The van der Waals surface area contributed by atoms with Gasteiger partial charge in [0, 0.05) is 5.56 Å². The van der Waals surface area contributed by atoms with Gasteiger partial charge in [-0.3, -0.25) is 9.10 Å². The number of nitrogens with one attached hydrogen (secondary N) is 1. The van der Waals surface area contributed by atoms with Crippen molar-refractivity contribution < 1.29 is 17.9 Å². The molecule has 0 heterocycles. The van der Waals surface area contributed by atoms with Gasteiger partial charge < -0.3 is 4.74 Å². The first kappa shape index (κ1) is 28.6. The molecule has 0 fully saturated rings. The monoisotopic (exact) mass is 555 g/mol. The van der Waals surface area contributed by atoms with Gasteiger partial charge >= 0.3 is 0 Å². The number of hydrogen-bond donors (Lipinski definition) is 1. The first-order valence-corrected chi connectivity index (χ1v) is 14.7. The van der Waals surface area contributed by atoms with Crippen LogP contribution >= 0.6 is 0 Å². The van der Waals surface area contributed by atoms with Crippen molar-refractivity contribution >= 4 is 27.8 Å². The van der Waals surface area contributed by atoms with E-state index in [0.717, 1.165) is 33.6 Å². The second kappa shape index (κ2) is 12.6. The average Bonchev–Trinajstić information content (AvgIpc) is 2.93. The predicted octanol–water partition coefficient (Wildman–Crippen LogP) is 5.92. The summed E-state index contributed by atoms with van der Waals surface area (Å²) in [6, 6.07) is 28.0. The number of ether oxygens (including phenoxy) is 1. The first-order valence-electron chi connectivity index (χ1n) is 12.8. The number of anilines is 1. The lowest BCUT2D eigenvalue weighted by molar-refractivity contribution is 0.0955. The van der Waals surface area contributed by atoms with Crippen LogP contribution in [0.5, 0.6) is 5.75 Å². The molecule has 0 aliphatic rings. The highest BCUT2D eigenvalue weighted by Crippen LogP contribution is 2.23. The summed E-state index contributed by atoms with van der Waals surface area (Å²) in [7, 11) is -3.50. The minimum absolute atomic E-state index is 0.159. The molecule has 206 valence electrons. The molecule has 0 radical (unpaired) electrons. The number of carbonyl (C=O) groups is 1. The van der Waals surface area contributed by atoms with Gasteiger partial charge in [0.2, 0.25) is 10.0 Å². The van der Waals surface area contributed by atoms with E-state index in [0.29, 0.717) is 17.9 Å². The molecule has 0 atom stereocenters. The molecular weight excluding hydrogens is 522 g/mol. The summed E-state index contributed by atoms with van der Waals surface area (Å²) in [6.45, 7) is 6.63. The lowest BCUT2D eigenvalue weighted by Gasteiger charge is -2.23. The Labute approximate surface area is 236 Å². The molecule has 0 aromatic heterocycles. The molecule has 0 saturated carbocycles. The van der Waals surface area contributed by atoms with Crippen LogP contribution in [0, 0.1) is 20.8 Å². The molecule has 4 aromatic carbocycles. The van der Waals surface area contributed by atoms with Crippen LogP contribution in [0.2, 0.25) is 0 Å². The highest BCUT2D eigenvalue weighted by atomic mass is 32.2. The Kier molecular flexibility index (Phi) is 9.01. The summed E-state index contributed by atoms with van der Waals surface area (Å²) < 4.78 is 32.2. The molecule has 0 unspecified atom stereocenters. The largest absolute Gasteiger partial charge is 0.489 e. The van der Waals surface area contributed by atoms with E-state index in [-0.39, 0.29) is 12.5 Å². The average molecular weight is 556 g/mol. The van der Waals surface area contributed by atoms with E-state index in [1.54, 1.807) is 36.5 Å². The molecular formula is C32H33N3O4S. The fourth-order valence-electron chi connectivity index (χ4n) is 3.94. The van der Waals surface area contributed by atoms with Crippen LogP contribution < -0.4 is 14.5 Å². The van der Waals surface area contributed by atoms with Gasteiger partial charge in [0.05, 0.1) is 24.7 Å². The van der Waals surface area contributed by atoms with Crippen molar-refractivity contribution in [3.05, 3.63) is 130 Å². The molecule has 40 heavy (non-hydrogen) atoms. The Morgan fingerprint density at radius 1 is 0.850 bits per heavy atom. The smallest absolute Gasteiger partial charge is 0.271 e. The number of carbonyl (C=O) groups excluding carboxylic acids is 1. The maximum Gasteiger partial charge on any atom is 0.271 e. The van der Waals surface area contributed by atoms with Gasteiger partial charge in [-0.1, -0.05) is 48.0 Å². The number of rotatable bonds is 10. The van der Waals surface area contributed by atoms with Crippen LogP contribution in [0.1, 0.15) is 43.7 Å². The number of hydrogen-bond acceptors (Lipinski definition) is 5. The highest BCUT2D eigenvalue weighted by Gasteiger charge is 2.18. The third kappa shape index (κ3) is 7.80. The van der Waals surface area contributed by atoms with Gasteiger partial charge in [-0.05, 0) is 97.1 Å². The predicted molar refractivity (Wildman–Crippen MR) is 160 cm³/mol. The van der Waals surface area contributed by atoms with Crippen molar-refractivity contribution in [1.29, 1.82) is 0 Å². The summed E-state index contributed by atoms with van der Waals surface area (Å²) in [5.74, 6) is 0.379. The van der Waals surface area contributed by atoms with Crippen molar-refractivity contribution in [2.24, 2.45) is 5.10 Å². The summed E-state index contributed by atoms with van der Waals surface area (Å²) in [6.07, 6.45) is 2.75. The Bertz CT molecular complexity index is 1600. The third-order valence-electron chi connectivity index (χ3n) is 6.51. The zero-order valence-electron chi connectivity index (χ0n) is 23.1. The van der Waals surface area contributed by atoms with E-state index in [1.165, 1.54) is 16.1 Å². The van der Waals surface area contributed by atoms with E-state index in [9.17, 15) is 13.2 Å². The Hall–Kier alpha value is -4.43. The van der Waals surface area contributed by atoms with E-state index in [1.807, 2.05) is 69.3 Å². The van der Waals surface area contributed by atoms with Gasteiger partial charge in [-0.2, -0.15) is 5.10 Å². The molecule has 0 saturated heterocycles. The molecule has 8 heteroatoms. The minimum atomic E-state index is -3.50. The number of aryl methyl sites for hydroxylation is 3. The molecule has 4 rings (SSSR count). The normalized spacial score (nSPS) is 11.4. The number of benzene rings is 4. The highest BCUT2D eigenvalue weighted by molar-refractivity contribution is 7.92. The number of sulfonamides is 1. The third-order valence-corrected chi connectivity index (χ3v) is 7.65. The van der Waals surface area contributed by atoms with Gasteiger partial charge in [0.1, 0.15) is 12.4 Å². The lowest BCUT2D eigenvalue weighted by atomic mass is 10.1. The van der Waals surface area contributed by atoms with Crippen LogP contribution in [0.25, 0.3) is 0 Å². The number of amides is 1.